The summed E-state index contributed by atoms with van der Waals surface area (Å²) in [6, 6.07) is 28.4. The first-order valence-electron chi connectivity index (χ1n) is 18.8. The van der Waals surface area contributed by atoms with Gasteiger partial charge < -0.3 is 23.7 Å². The molecule has 316 valence electrons. The molecule has 5 aromatic rings. The molecule has 6 rings (SSSR count). The lowest BCUT2D eigenvalue weighted by atomic mass is 9.80. The Bertz CT molecular complexity index is 2500. The third kappa shape index (κ3) is 9.18. The third-order valence-corrected chi connectivity index (χ3v) is 11.2. The molecule has 0 aliphatic carbocycles. The van der Waals surface area contributed by atoms with E-state index in [-0.39, 0.29) is 29.2 Å². The van der Waals surface area contributed by atoms with E-state index in [0.29, 0.717) is 27.2 Å². The fourth-order valence-electron chi connectivity index (χ4n) is 6.94. The summed E-state index contributed by atoms with van der Waals surface area (Å²) in [4.78, 5) is 50.5. The van der Waals surface area contributed by atoms with Crippen molar-refractivity contribution < 1.29 is 46.0 Å². The second-order valence-corrected chi connectivity index (χ2v) is 16.7. The maximum atomic E-state index is 13.9. The molecular weight excluding hydrogens is 799 g/mol. The fourth-order valence-corrected chi connectivity index (χ4v) is 7.90. The van der Waals surface area contributed by atoms with E-state index in [0.717, 1.165) is 34.4 Å². The fraction of sp³-hybridized carbons (Fsp3) is 0.326. The van der Waals surface area contributed by atoms with Gasteiger partial charge in [-0.15, -0.1) is 0 Å². The largest absolute Gasteiger partial charge is 0.497 e. The Labute approximate surface area is 346 Å². The molecule has 3 atom stereocenters. The lowest BCUT2D eigenvalue weighted by Gasteiger charge is -2.37. The van der Waals surface area contributed by atoms with Crippen LogP contribution in [0.5, 0.6) is 11.5 Å². The summed E-state index contributed by atoms with van der Waals surface area (Å²) in [5, 5.41) is 11.2. The molecule has 0 N–H and O–H groups in total. The molecule has 1 aliphatic rings. The zero-order chi connectivity index (χ0) is 43.4. The Balaban J connectivity index is 1.42. The summed E-state index contributed by atoms with van der Waals surface area (Å²) in [6.07, 6.45) is -2.03. The van der Waals surface area contributed by atoms with Crippen LogP contribution in [0.3, 0.4) is 0 Å². The van der Waals surface area contributed by atoms with Crippen LogP contribution >= 0.6 is 0 Å². The van der Waals surface area contributed by atoms with Gasteiger partial charge in [0.1, 0.15) is 28.9 Å². The number of aryl methyl sites for hydroxylation is 1. The molecule has 1 saturated heterocycles. The van der Waals surface area contributed by atoms with Crippen molar-refractivity contribution >= 4 is 21.9 Å². The minimum Gasteiger partial charge on any atom is -0.497 e. The summed E-state index contributed by atoms with van der Waals surface area (Å²) in [5.41, 5.74) is -2.35. The molecule has 1 aliphatic heterocycles. The van der Waals surface area contributed by atoms with Gasteiger partial charge in [-0.05, 0) is 80.8 Å². The van der Waals surface area contributed by atoms with E-state index in [9.17, 15) is 32.9 Å². The van der Waals surface area contributed by atoms with E-state index < -0.39 is 68.4 Å². The van der Waals surface area contributed by atoms with Crippen LogP contribution in [0.4, 0.5) is 10.5 Å². The summed E-state index contributed by atoms with van der Waals surface area (Å²) in [6.45, 7) is 5.55. The normalized spacial score (nSPS) is 16.9. The monoisotopic (exact) mass is 843 g/mol. The summed E-state index contributed by atoms with van der Waals surface area (Å²) < 4.78 is 63.9. The van der Waals surface area contributed by atoms with E-state index in [1.807, 2.05) is 54.6 Å². The number of carbonyl (C=O) groups is 1. The van der Waals surface area contributed by atoms with Gasteiger partial charge in [-0.1, -0.05) is 54.6 Å². The number of hydrogen-bond donors (Lipinski definition) is 0. The first kappa shape index (κ1) is 43.4. The molecule has 0 amide bonds. The van der Waals surface area contributed by atoms with Crippen molar-refractivity contribution in [3.63, 3.8) is 0 Å². The standard InChI is InChI=1S/C43H45N3O13S/c1-28-25-44(40(48)45(39(28)47)41(49)59-42(2,3)4)38-24-29(26-57-60(52,53)36-22-16-33(17-23-36)46(50)51)37(58-38)27-56-43(30-10-8-7-9-11-30,31-12-18-34(54-5)19-13-31)32-14-20-35(55-6)21-15-32/h7-23,25,29,37-38H,24,26-27H2,1-6H3. The van der Waals surface area contributed by atoms with Crippen molar-refractivity contribution in [2.24, 2.45) is 5.92 Å². The predicted molar refractivity (Wildman–Crippen MR) is 218 cm³/mol. The van der Waals surface area contributed by atoms with Crippen molar-refractivity contribution in [3.8, 4) is 11.5 Å². The maximum absolute atomic E-state index is 13.9. The highest BCUT2D eigenvalue weighted by Gasteiger charge is 2.43. The van der Waals surface area contributed by atoms with Crippen LogP contribution in [-0.4, -0.2) is 67.7 Å². The summed E-state index contributed by atoms with van der Waals surface area (Å²) in [5.74, 6) is 0.437. The number of aromatic nitrogens is 2. The number of hydrogen-bond acceptors (Lipinski definition) is 13. The van der Waals surface area contributed by atoms with Crippen molar-refractivity contribution in [2.45, 2.75) is 62.5 Å². The molecule has 0 saturated carbocycles. The van der Waals surface area contributed by atoms with E-state index in [1.165, 1.54) is 13.1 Å². The molecule has 17 heteroatoms. The predicted octanol–water partition coefficient (Wildman–Crippen LogP) is 6.34. The molecule has 0 radical (unpaired) electrons. The van der Waals surface area contributed by atoms with E-state index in [4.69, 9.17) is 27.9 Å². The van der Waals surface area contributed by atoms with Crippen LogP contribution in [0.25, 0.3) is 0 Å². The van der Waals surface area contributed by atoms with Crippen molar-refractivity contribution in [2.75, 3.05) is 27.4 Å². The lowest BCUT2D eigenvalue weighted by Crippen LogP contribution is -2.47. The molecular formula is C43H45N3O13S. The van der Waals surface area contributed by atoms with E-state index in [1.54, 1.807) is 59.3 Å². The molecule has 3 unspecified atom stereocenters. The lowest BCUT2D eigenvalue weighted by molar-refractivity contribution is -0.384. The quantitative estimate of drug-likeness (QED) is 0.0521. The third-order valence-electron chi connectivity index (χ3n) is 9.94. The summed E-state index contributed by atoms with van der Waals surface area (Å²) >= 11 is 0. The number of methoxy groups -OCH3 is 2. The average Bonchev–Trinajstić information content (AvgIpc) is 3.64. The second kappa shape index (κ2) is 17.6. The van der Waals surface area contributed by atoms with Crippen molar-refractivity contribution in [1.82, 2.24) is 9.13 Å². The number of carbonyl (C=O) groups excluding carboxylic acids is 1. The van der Waals surface area contributed by atoms with Crippen LogP contribution in [0.1, 0.15) is 55.7 Å². The first-order chi connectivity index (χ1) is 28.5. The molecule has 4 aromatic carbocycles. The Morgan fingerprint density at radius 2 is 1.38 bits per heavy atom. The topological polar surface area (TPSA) is 194 Å². The number of benzene rings is 4. The molecule has 0 bridgehead atoms. The van der Waals surface area contributed by atoms with Gasteiger partial charge in [-0.25, -0.2) is 9.59 Å². The van der Waals surface area contributed by atoms with Gasteiger partial charge in [0.2, 0.25) is 0 Å². The Hall–Kier alpha value is -6.14. The Morgan fingerprint density at radius 3 is 1.90 bits per heavy atom. The van der Waals surface area contributed by atoms with Gasteiger partial charge in [0, 0.05) is 36.2 Å². The van der Waals surface area contributed by atoms with Crippen molar-refractivity contribution in [3.05, 3.63) is 163 Å². The van der Waals surface area contributed by atoms with Crippen LogP contribution in [0.2, 0.25) is 0 Å². The summed E-state index contributed by atoms with van der Waals surface area (Å²) in [7, 11) is -1.34. The zero-order valence-corrected chi connectivity index (χ0v) is 34.6. The zero-order valence-electron chi connectivity index (χ0n) is 33.8. The minimum absolute atomic E-state index is 0.0287. The van der Waals surface area contributed by atoms with Crippen LogP contribution in [0.15, 0.2) is 124 Å². The maximum Gasteiger partial charge on any atom is 0.425 e. The smallest absolute Gasteiger partial charge is 0.425 e. The molecule has 0 spiro atoms. The van der Waals surface area contributed by atoms with Gasteiger partial charge in [-0.2, -0.15) is 13.0 Å². The van der Waals surface area contributed by atoms with Gasteiger partial charge in [0.15, 0.2) is 0 Å². The molecule has 2 heterocycles. The Kier molecular flexibility index (Phi) is 12.7. The number of nitro groups is 1. The highest BCUT2D eigenvalue weighted by Crippen LogP contribution is 2.43. The van der Waals surface area contributed by atoms with Crippen molar-refractivity contribution in [1.29, 1.82) is 0 Å². The Morgan fingerprint density at radius 1 is 0.833 bits per heavy atom. The van der Waals surface area contributed by atoms with Gasteiger partial charge >= 0.3 is 11.8 Å². The number of non-ortho nitro benzene ring substituents is 1. The van der Waals surface area contributed by atoms with Crippen LogP contribution in [-0.2, 0) is 34.1 Å². The molecule has 1 fully saturated rings. The SMILES string of the molecule is COc1ccc(C(OCC2OC(n3cc(C)c(=O)n(C(=O)OC(C)(C)C)c3=O)CC2COS(=O)(=O)c2ccc([N+](=O)[O-])cc2)(c2ccccc2)c2ccc(OC)cc2)cc1. The van der Waals surface area contributed by atoms with E-state index >= 15 is 0 Å². The van der Waals surface area contributed by atoms with Crippen LogP contribution in [0, 0.1) is 23.0 Å². The van der Waals surface area contributed by atoms with E-state index in [2.05, 4.69) is 0 Å². The van der Waals surface area contributed by atoms with Gasteiger partial charge in [0.25, 0.3) is 21.4 Å². The minimum atomic E-state index is -4.46. The average molecular weight is 844 g/mol. The number of ether oxygens (including phenoxy) is 5. The first-order valence-corrected chi connectivity index (χ1v) is 20.2. The number of nitrogens with zero attached hydrogens (tertiary/aromatic N) is 3. The van der Waals surface area contributed by atoms with Gasteiger partial charge in [0.05, 0.1) is 43.4 Å². The molecule has 60 heavy (non-hydrogen) atoms. The number of nitro benzene ring substituents is 1. The van der Waals surface area contributed by atoms with Gasteiger partial charge in [-0.3, -0.25) is 23.7 Å². The van der Waals surface area contributed by atoms with Crippen LogP contribution < -0.4 is 20.7 Å². The molecule has 1 aromatic heterocycles. The highest BCUT2D eigenvalue weighted by molar-refractivity contribution is 7.86. The highest BCUT2D eigenvalue weighted by atomic mass is 32.2. The second-order valence-electron chi connectivity index (χ2n) is 15.1. The number of rotatable bonds is 14. The molecule has 16 nitrogen and oxygen atoms in total.